The number of rotatable bonds is 6. The van der Waals surface area contributed by atoms with E-state index in [1.54, 1.807) is 41.1 Å². The van der Waals surface area contributed by atoms with Gasteiger partial charge < -0.3 is 5.32 Å². The Kier molecular flexibility index (Phi) is 5.25. The molecule has 4 aromatic rings. The van der Waals surface area contributed by atoms with Gasteiger partial charge in [-0.05, 0) is 54.8 Å². The summed E-state index contributed by atoms with van der Waals surface area (Å²) in [5, 5.41) is 12.8. The van der Waals surface area contributed by atoms with Gasteiger partial charge in [0, 0.05) is 16.6 Å². The molecule has 1 saturated carbocycles. The molecule has 10 heteroatoms. The summed E-state index contributed by atoms with van der Waals surface area (Å²) in [7, 11) is 0. The lowest BCUT2D eigenvalue weighted by Crippen LogP contribution is -2.07. The molecule has 2 aromatic heterocycles. The predicted molar refractivity (Wildman–Crippen MR) is 120 cm³/mol. The number of carbonyl (C=O) groups excluding carboxylic acids is 1. The fourth-order valence-corrected chi connectivity index (χ4v) is 4.11. The molecule has 2 aromatic carbocycles. The number of anilines is 1. The van der Waals surface area contributed by atoms with Crippen molar-refractivity contribution in [2.24, 2.45) is 0 Å². The molecule has 0 spiro atoms. The number of fused-ring (bicyclic) bond motifs is 1. The van der Waals surface area contributed by atoms with Crippen molar-refractivity contribution in [3.05, 3.63) is 74.5 Å². The van der Waals surface area contributed by atoms with Crippen molar-refractivity contribution in [1.82, 2.24) is 25.0 Å². The Hall–Kier alpha value is -2.74. The molecular formula is C21H15Cl3N6O. The van der Waals surface area contributed by atoms with Gasteiger partial charge in [-0.1, -0.05) is 40.0 Å². The van der Waals surface area contributed by atoms with Gasteiger partial charge in [-0.3, -0.25) is 4.79 Å². The second kappa shape index (κ2) is 8.07. The second-order valence-electron chi connectivity index (χ2n) is 7.33. The van der Waals surface area contributed by atoms with E-state index >= 15 is 0 Å². The maximum atomic E-state index is 12.9. The third-order valence-electron chi connectivity index (χ3n) is 4.99. The van der Waals surface area contributed by atoms with Crippen LogP contribution in [0.25, 0.3) is 11.2 Å². The van der Waals surface area contributed by atoms with Crippen molar-refractivity contribution < 1.29 is 4.79 Å². The van der Waals surface area contributed by atoms with E-state index in [1.807, 2.05) is 0 Å². The first-order valence-corrected chi connectivity index (χ1v) is 10.7. The summed E-state index contributed by atoms with van der Waals surface area (Å²) in [4.78, 5) is 21.5. The molecule has 1 aliphatic rings. The molecule has 5 rings (SSSR count). The molecule has 31 heavy (non-hydrogen) atoms. The summed E-state index contributed by atoms with van der Waals surface area (Å²) in [5.74, 6) is 0.409. The van der Waals surface area contributed by atoms with Gasteiger partial charge in [0.1, 0.15) is 6.33 Å². The van der Waals surface area contributed by atoms with Gasteiger partial charge >= 0.3 is 0 Å². The van der Waals surface area contributed by atoms with E-state index in [4.69, 9.17) is 34.8 Å². The molecule has 0 bridgehead atoms. The van der Waals surface area contributed by atoms with Gasteiger partial charge in [-0.25, -0.2) is 14.6 Å². The largest absolute Gasteiger partial charge is 0.365 e. The lowest BCUT2D eigenvalue weighted by atomic mass is 10.0. The summed E-state index contributed by atoms with van der Waals surface area (Å²) < 4.78 is 1.65. The summed E-state index contributed by atoms with van der Waals surface area (Å²) in [5.41, 5.74) is 2.68. The number of benzene rings is 2. The lowest BCUT2D eigenvalue weighted by Gasteiger charge is -2.10. The molecule has 0 radical (unpaired) electrons. The number of aromatic nitrogens is 5. The molecular weight excluding hydrogens is 459 g/mol. The monoisotopic (exact) mass is 472 g/mol. The van der Waals surface area contributed by atoms with Crippen LogP contribution in [-0.4, -0.2) is 36.8 Å². The Morgan fingerprint density at radius 2 is 1.77 bits per heavy atom. The zero-order chi connectivity index (χ0) is 21.5. The summed E-state index contributed by atoms with van der Waals surface area (Å²) in [6, 6.07) is 10.4. The molecule has 7 nitrogen and oxygen atoms in total. The zero-order valence-electron chi connectivity index (χ0n) is 16.0. The van der Waals surface area contributed by atoms with Crippen LogP contribution in [0.3, 0.4) is 0 Å². The van der Waals surface area contributed by atoms with E-state index in [1.165, 1.54) is 6.33 Å². The number of carbonyl (C=O) groups is 1. The van der Waals surface area contributed by atoms with Crippen molar-refractivity contribution in [3.8, 4) is 0 Å². The average molecular weight is 474 g/mol. The highest BCUT2D eigenvalue weighted by atomic mass is 35.5. The average Bonchev–Trinajstić information content (AvgIpc) is 3.47. The Labute approximate surface area is 192 Å². The predicted octanol–water partition coefficient (Wildman–Crippen LogP) is 5.04. The maximum Gasteiger partial charge on any atom is 0.196 e. The van der Waals surface area contributed by atoms with Crippen LogP contribution in [0.2, 0.25) is 15.1 Å². The smallest absolute Gasteiger partial charge is 0.196 e. The van der Waals surface area contributed by atoms with E-state index in [-0.39, 0.29) is 21.4 Å². The van der Waals surface area contributed by atoms with Crippen molar-refractivity contribution in [2.75, 3.05) is 5.32 Å². The van der Waals surface area contributed by atoms with E-state index in [9.17, 15) is 4.79 Å². The Balaban J connectivity index is 1.44. The highest BCUT2D eigenvalue weighted by molar-refractivity contribution is 6.41. The number of ketones is 1. The Bertz CT molecular complexity index is 1280. The third kappa shape index (κ3) is 4.08. The minimum atomic E-state index is -0.270. The maximum absolute atomic E-state index is 12.9. The number of nitrogens with one attached hydrogen (secondary N) is 1. The summed E-state index contributed by atoms with van der Waals surface area (Å²) >= 11 is 18.8. The van der Waals surface area contributed by atoms with Crippen LogP contribution in [0.5, 0.6) is 0 Å². The van der Waals surface area contributed by atoms with Crippen LogP contribution in [0.15, 0.2) is 42.7 Å². The Morgan fingerprint density at radius 3 is 2.45 bits per heavy atom. The van der Waals surface area contributed by atoms with E-state index in [2.05, 4.69) is 25.6 Å². The number of halogens is 3. The fraction of sp³-hybridized carbons (Fsp3) is 0.190. The normalized spacial score (nSPS) is 13.5. The first kappa shape index (κ1) is 20.2. The minimum Gasteiger partial charge on any atom is -0.365 e. The molecule has 0 unspecified atom stereocenters. The van der Waals surface area contributed by atoms with E-state index < -0.39 is 0 Å². The first-order valence-electron chi connectivity index (χ1n) is 9.58. The molecule has 1 aliphatic carbocycles. The molecule has 0 amide bonds. The molecule has 1 N–H and O–H groups in total. The van der Waals surface area contributed by atoms with Crippen LogP contribution >= 0.6 is 34.8 Å². The number of nitrogens with zero attached hydrogens (tertiary/aromatic N) is 5. The van der Waals surface area contributed by atoms with Gasteiger partial charge in [0.2, 0.25) is 0 Å². The quantitative estimate of drug-likeness (QED) is 0.395. The van der Waals surface area contributed by atoms with Crippen LogP contribution in [0.4, 0.5) is 5.82 Å². The van der Waals surface area contributed by atoms with Crippen molar-refractivity contribution >= 4 is 57.6 Å². The molecule has 2 heterocycles. The number of hydrogen-bond acceptors (Lipinski definition) is 6. The third-order valence-corrected chi connectivity index (χ3v) is 5.83. The zero-order valence-corrected chi connectivity index (χ0v) is 18.3. The van der Waals surface area contributed by atoms with Gasteiger partial charge in [0.25, 0.3) is 0 Å². The molecule has 1 fully saturated rings. The first-order chi connectivity index (χ1) is 15.0. The molecule has 0 saturated heterocycles. The summed E-state index contributed by atoms with van der Waals surface area (Å²) in [6.07, 6.45) is 3.73. The van der Waals surface area contributed by atoms with Crippen molar-refractivity contribution in [3.63, 3.8) is 0 Å². The van der Waals surface area contributed by atoms with Crippen molar-refractivity contribution in [2.45, 2.75) is 25.4 Å². The minimum absolute atomic E-state index is 0.246. The molecule has 0 atom stereocenters. The van der Waals surface area contributed by atoms with Gasteiger partial charge in [0.15, 0.2) is 22.8 Å². The second-order valence-corrected chi connectivity index (χ2v) is 8.58. The van der Waals surface area contributed by atoms with Crippen molar-refractivity contribution in [1.29, 1.82) is 0 Å². The fourth-order valence-electron chi connectivity index (χ4n) is 3.28. The lowest BCUT2D eigenvalue weighted by molar-refractivity contribution is 0.103. The Morgan fingerprint density at radius 1 is 1.06 bits per heavy atom. The number of hydrogen-bond donors (Lipinski definition) is 1. The topological polar surface area (TPSA) is 85.6 Å². The highest BCUT2D eigenvalue weighted by Gasteiger charge is 2.24. The molecule has 156 valence electrons. The van der Waals surface area contributed by atoms with Gasteiger partial charge in [-0.2, -0.15) is 0 Å². The SMILES string of the molecule is O=C(c1ccc(Cl)cc1)c1c(Cl)cc(Cn2nnc3c(NC4CC4)ncnc32)cc1Cl. The van der Waals surface area contributed by atoms with Crippen LogP contribution in [-0.2, 0) is 6.54 Å². The highest BCUT2D eigenvalue weighted by Crippen LogP contribution is 2.30. The van der Waals surface area contributed by atoms with Crippen LogP contribution < -0.4 is 5.32 Å². The van der Waals surface area contributed by atoms with Gasteiger partial charge in [0.05, 0.1) is 22.2 Å². The van der Waals surface area contributed by atoms with Crippen LogP contribution in [0, 0.1) is 0 Å². The summed E-state index contributed by atoms with van der Waals surface area (Å²) in [6.45, 7) is 0.339. The van der Waals surface area contributed by atoms with Crippen LogP contribution in [0.1, 0.15) is 34.3 Å². The van der Waals surface area contributed by atoms with E-state index in [0.29, 0.717) is 40.2 Å². The van der Waals surface area contributed by atoms with E-state index in [0.717, 1.165) is 18.4 Å². The molecule has 0 aliphatic heterocycles. The van der Waals surface area contributed by atoms with Gasteiger partial charge in [-0.15, -0.1) is 5.10 Å². The standard InChI is InChI=1S/C21H15Cl3N6O/c22-13-3-1-12(2-4-13)19(31)17-15(23)7-11(8-16(17)24)9-30-21-18(28-29-30)20(25-10-26-21)27-14-5-6-14/h1-4,7-8,10,14H,5-6,9H2,(H,25,26,27).